The molecule has 9 rings (SSSR count). The minimum Gasteiger partial charge on any atom is -0.494 e. The van der Waals surface area contributed by atoms with E-state index in [-0.39, 0.29) is 41.6 Å². The molecule has 3 saturated heterocycles. The van der Waals surface area contributed by atoms with Crippen molar-refractivity contribution in [3.63, 3.8) is 0 Å². The van der Waals surface area contributed by atoms with Crippen LogP contribution in [0.15, 0.2) is 60.8 Å². The van der Waals surface area contributed by atoms with Crippen molar-refractivity contribution < 1.29 is 37.9 Å². The average molecular weight is 890 g/mol. The van der Waals surface area contributed by atoms with E-state index in [2.05, 4.69) is 36.9 Å². The van der Waals surface area contributed by atoms with Crippen LogP contribution >= 0.6 is 11.3 Å². The second-order valence-corrected chi connectivity index (χ2v) is 17.7. The first-order valence-electron chi connectivity index (χ1n) is 21.7. The summed E-state index contributed by atoms with van der Waals surface area (Å²) >= 11 is 1.46. The summed E-state index contributed by atoms with van der Waals surface area (Å²) in [6.45, 7) is 3.19. The summed E-state index contributed by atoms with van der Waals surface area (Å²) < 4.78 is 20.6. The van der Waals surface area contributed by atoms with Crippen LogP contribution in [0, 0.1) is 11.7 Å². The van der Waals surface area contributed by atoms with Crippen LogP contribution < -0.4 is 30.5 Å². The van der Waals surface area contributed by atoms with Gasteiger partial charge in [-0.25, -0.2) is 9.37 Å². The fraction of sp³-hybridized carbons (Fsp3) is 0.391. The quantitative estimate of drug-likeness (QED) is 0.141. The summed E-state index contributed by atoms with van der Waals surface area (Å²) in [6.07, 6.45) is 9.48. The highest BCUT2D eigenvalue weighted by Crippen LogP contribution is 2.38. The number of carbonyl (C=O) groups excluding carboxylic acids is 6. The highest BCUT2D eigenvalue weighted by Gasteiger charge is 2.46. The lowest BCUT2D eigenvalue weighted by atomic mass is 9.91. The smallest absolute Gasteiger partial charge is 0.265 e. The molecule has 1 aliphatic carbocycles. The zero-order chi connectivity index (χ0) is 44.5. The number of piperazine rings is 1. The van der Waals surface area contributed by atoms with Gasteiger partial charge in [0.1, 0.15) is 11.8 Å². The number of imide groups is 2. The van der Waals surface area contributed by atoms with E-state index in [1.54, 1.807) is 30.3 Å². The highest BCUT2D eigenvalue weighted by molar-refractivity contribution is 7.15. The number of piperidine rings is 2. The molecule has 64 heavy (non-hydrogen) atoms. The fourth-order valence-corrected chi connectivity index (χ4v) is 10.2. The fourth-order valence-electron chi connectivity index (χ4n) is 9.18. The number of nitrogens with zero attached hydrogens (tertiary/aromatic N) is 6. The average Bonchev–Trinajstić information content (AvgIpc) is 4.08. The molecule has 4 aliphatic heterocycles. The molecule has 3 N–H and O–H groups in total. The Morgan fingerprint density at radius 2 is 1.75 bits per heavy atom. The van der Waals surface area contributed by atoms with E-state index in [0.29, 0.717) is 85.2 Å². The summed E-state index contributed by atoms with van der Waals surface area (Å²) in [6, 6.07) is 13.0. The number of benzene rings is 2. The van der Waals surface area contributed by atoms with E-state index in [4.69, 9.17) is 4.74 Å². The number of aromatic nitrogens is 2. The molecule has 1 unspecified atom stereocenters. The van der Waals surface area contributed by atoms with Gasteiger partial charge in [-0.1, -0.05) is 12.1 Å². The molecule has 0 bridgehead atoms. The van der Waals surface area contributed by atoms with E-state index in [1.165, 1.54) is 24.0 Å². The molecule has 5 aliphatic rings. The van der Waals surface area contributed by atoms with E-state index < -0.39 is 35.5 Å². The van der Waals surface area contributed by atoms with E-state index in [0.717, 1.165) is 54.5 Å². The summed E-state index contributed by atoms with van der Waals surface area (Å²) in [5.74, 6) is -1.90. The minimum absolute atomic E-state index is 0.0216. The number of carbonyl (C=O) groups is 6. The molecule has 332 valence electrons. The zero-order valence-corrected chi connectivity index (χ0v) is 36.2. The normalized spacial score (nSPS) is 19.2. The van der Waals surface area contributed by atoms with Gasteiger partial charge in [0.2, 0.25) is 23.7 Å². The molecule has 2 aromatic heterocycles. The lowest BCUT2D eigenvalue weighted by molar-refractivity contribution is -0.136. The van der Waals surface area contributed by atoms with Crippen LogP contribution in [0.1, 0.15) is 93.1 Å². The molecular weight excluding hydrogens is 842 g/mol. The standard InChI is InChI=1S/C46H48FN9O7S/c1-63-35-25-29(10-11-32(35)50-43(60)37-14-13-36(64-37)28-5-2-3-6-28)49-41-31(47)26-48-46(52-41)55-23-21-54(22-24-55)39(58)16-9-27-17-19-53(20-18-27)33-8-4-7-30-40(33)45(62)56(44(30)61)34-12-15-38(57)51-42(34)59/h4-5,7-8,10-11,13-14,25-27,34H,2-3,6,9,12,15-24H2,1H3,(H,50,60)(H,48,49,52)(H,51,57,59). The maximum absolute atomic E-state index is 15.1. The topological polar surface area (TPSA) is 186 Å². The molecule has 18 heteroatoms. The maximum atomic E-state index is 15.1. The number of anilines is 5. The Balaban J connectivity index is 0.744. The second-order valence-electron chi connectivity index (χ2n) is 16.6. The van der Waals surface area contributed by atoms with Crippen molar-refractivity contribution in [1.29, 1.82) is 0 Å². The van der Waals surface area contributed by atoms with Gasteiger partial charge in [0.15, 0.2) is 11.6 Å². The largest absolute Gasteiger partial charge is 0.494 e. The van der Waals surface area contributed by atoms with Crippen LogP contribution in [0.4, 0.5) is 33.2 Å². The third kappa shape index (κ3) is 8.65. The molecule has 0 saturated carbocycles. The maximum Gasteiger partial charge on any atom is 0.265 e. The molecule has 4 aromatic rings. The molecular formula is C46H48FN9O7S. The van der Waals surface area contributed by atoms with Gasteiger partial charge in [0.25, 0.3) is 17.7 Å². The first-order valence-corrected chi connectivity index (χ1v) is 22.6. The third-order valence-corrected chi connectivity index (χ3v) is 13.9. The number of hydrogen-bond acceptors (Lipinski definition) is 13. The highest BCUT2D eigenvalue weighted by atomic mass is 32.1. The van der Waals surface area contributed by atoms with Crippen molar-refractivity contribution in [2.75, 3.05) is 66.8 Å². The summed E-state index contributed by atoms with van der Waals surface area (Å²) in [5.41, 5.74) is 3.46. The lowest BCUT2D eigenvalue weighted by Gasteiger charge is -2.36. The Kier molecular flexibility index (Phi) is 12.1. The van der Waals surface area contributed by atoms with E-state index in [9.17, 15) is 28.8 Å². The summed E-state index contributed by atoms with van der Waals surface area (Å²) in [4.78, 5) is 95.0. The zero-order valence-electron chi connectivity index (χ0n) is 35.4. The molecule has 6 heterocycles. The molecule has 0 radical (unpaired) electrons. The molecule has 6 amide bonds. The predicted molar refractivity (Wildman–Crippen MR) is 238 cm³/mol. The van der Waals surface area contributed by atoms with Gasteiger partial charge in [-0.15, -0.1) is 11.3 Å². The van der Waals surface area contributed by atoms with Crippen LogP contribution in [0.5, 0.6) is 5.75 Å². The van der Waals surface area contributed by atoms with Crippen LogP contribution in [-0.4, -0.2) is 108 Å². The number of allylic oxidation sites excluding steroid dienone is 2. The second kappa shape index (κ2) is 18.2. The van der Waals surface area contributed by atoms with Gasteiger partial charge in [0.05, 0.1) is 40.7 Å². The number of thiophene rings is 1. The van der Waals surface area contributed by atoms with Crippen LogP contribution in [0.25, 0.3) is 5.57 Å². The number of methoxy groups -OCH3 is 1. The van der Waals surface area contributed by atoms with Crippen molar-refractivity contribution in [2.45, 2.75) is 63.8 Å². The van der Waals surface area contributed by atoms with Crippen molar-refractivity contribution >= 4 is 81.2 Å². The number of nitrogens with one attached hydrogen (secondary N) is 3. The van der Waals surface area contributed by atoms with Gasteiger partial charge in [-0.05, 0) is 92.8 Å². The van der Waals surface area contributed by atoms with Crippen LogP contribution in [0.3, 0.4) is 0 Å². The molecule has 3 fully saturated rings. The lowest BCUT2D eigenvalue weighted by Crippen LogP contribution is -2.54. The van der Waals surface area contributed by atoms with Crippen molar-refractivity contribution in [3.8, 4) is 5.75 Å². The van der Waals surface area contributed by atoms with Crippen molar-refractivity contribution in [2.24, 2.45) is 5.92 Å². The van der Waals surface area contributed by atoms with Crippen molar-refractivity contribution in [1.82, 2.24) is 25.1 Å². The number of halogens is 1. The first kappa shape index (κ1) is 42.6. The molecule has 16 nitrogen and oxygen atoms in total. The van der Waals surface area contributed by atoms with Crippen LogP contribution in [0.2, 0.25) is 0 Å². The van der Waals surface area contributed by atoms with Gasteiger partial charge in [0, 0.05) is 68.7 Å². The Morgan fingerprint density at radius 1 is 0.938 bits per heavy atom. The van der Waals surface area contributed by atoms with Gasteiger partial charge < -0.3 is 30.1 Å². The van der Waals surface area contributed by atoms with Crippen molar-refractivity contribution in [3.05, 3.63) is 87.5 Å². The van der Waals surface area contributed by atoms with Crippen LogP contribution in [-0.2, 0) is 14.4 Å². The van der Waals surface area contributed by atoms with E-state index >= 15 is 4.39 Å². The number of rotatable bonds is 12. The Labute approximate surface area is 372 Å². The Hall–Kier alpha value is -6.69. The minimum atomic E-state index is -1.02. The molecule has 0 spiro atoms. The van der Waals surface area contributed by atoms with Gasteiger partial charge in [-0.2, -0.15) is 4.98 Å². The van der Waals surface area contributed by atoms with Gasteiger partial charge >= 0.3 is 0 Å². The van der Waals surface area contributed by atoms with E-state index in [1.807, 2.05) is 28.0 Å². The Morgan fingerprint density at radius 3 is 2.50 bits per heavy atom. The summed E-state index contributed by atoms with van der Waals surface area (Å²) in [5, 5.41) is 8.19. The summed E-state index contributed by atoms with van der Waals surface area (Å²) in [7, 11) is 1.50. The predicted octanol–water partition coefficient (Wildman–Crippen LogP) is 6.00. The number of hydrogen-bond donors (Lipinski definition) is 3. The number of amides is 6. The number of ether oxygens (including phenoxy) is 1. The molecule has 1 atom stereocenters. The third-order valence-electron chi connectivity index (χ3n) is 12.7. The Bertz CT molecular complexity index is 2560. The monoisotopic (exact) mass is 889 g/mol. The van der Waals surface area contributed by atoms with Gasteiger partial charge in [-0.3, -0.25) is 39.0 Å². The number of fused-ring (bicyclic) bond motifs is 1. The SMILES string of the molecule is COc1cc(Nc2nc(N3CCN(C(=O)CCC4CCN(c5cccc6c5C(=O)N(C5CCC(=O)NC5=O)C6=O)CC4)CC3)ncc2F)ccc1NC(=O)c1ccc(C2=CCCC2)s1. The molecule has 2 aromatic carbocycles. The first-order chi connectivity index (χ1) is 31.0.